The number of hydrogen-bond donors (Lipinski definition) is 0. The van der Waals surface area contributed by atoms with Gasteiger partial charge < -0.3 is 0 Å². The van der Waals surface area contributed by atoms with Gasteiger partial charge in [0.15, 0.2) is 6.20 Å². The monoisotopic (exact) mass is 330 g/mol. The van der Waals surface area contributed by atoms with Crippen LogP contribution in [0.1, 0.15) is 30.5 Å². The minimum Gasteiger partial charge on any atom is -0.201 e. The molecule has 0 aliphatic carbocycles. The molecule has 0 bridgehead atoms. The molecule has 0 unspecified atom stereocenters. The molecule has 0 atom stereocenters. The van der Waals surface area contributed by atoms with Gasteiger partial charge in [-0.2, -0.15) is 0 Å². The van der Waals surface area contributed by atoms with Crippen LogP contribution in [0.25, 0.3) is 22.4 Å². The van der Waals surface area contributed by atoms with Gasteiger partial charge in [-0.05, 0) is 60.1 Å². The molecule has 0 N–H and O–H groups in total. The first-order chi connectivity index (χ1) is 12.0. The van der Waals surface area contributed by atoms with Crippen LogP contribution < -0.4 is 4.57 Å². The van der Waals surface area contributed by atoms with E-state index in [1.165, 1.54) is 39.1 Å². The van der Waals surface area contributed by atoms with Crippen LogP contribution in [0.3, 0.4) is 0 Å². The van der Waals surface area contributed by atoms with E-state index in [9.17, 15) is 0 Å². The van der Waals surface area contributed by atoms with Crippen molar-refractivity contribution in [3.8, 4) is 22.4 Å². The molecular formula is C24H28N+. The first-order valence-corrected chi connectivity index (χ1v) is 9.11. The Kier molecular flexibility index (Phi) is 5.03. The molecule has 0 aliphatic rings. The third-order valence-electron chi connectivity index (χ3n) is 4.88. The summed E-state index contributed by atoms with van der Waals surface area (Å²) in [6, 6.07) is 20.0. The zero-order valence-electron chi connectivity index (χ0n) is 16.0. The lowest BCUT2D eigenvalue weighted by atomic mass is 9.94. The molecule has 1 aromatic heterocycles. The average molecular weight is 330 g/mol. The van der Waals surface area contributed by atoms with E-state index in [2.05, 4.69) is 100 Å². The fourth-order valence-corrected chi connectivity index (χ4v) is 3.39. The summed E-state index contributed by atoms with van der Waals surface area (Å²) in [5, 5.41) is 0. The molecule has 1 heterocycles. The quantitative estimate of drug-likeness (QED) is 0.543. The van der Waals surface area contributed by atoms with Crippen molar-refractivity contribution in [3.63, 3.8) is 0 Å². The lowest BCUT2D eigenvalue weighted by Gasteiger charge is -2.12. The second-order valence-electron chi connectivity index (χ2n) is 7.47. The summed E-state index contributed by atoms with van der Waals surface area (Å²) in [5.74, 6) is 0.671. The summed E-state index contributed by atoms with van der Waals surface area (Å²) in [7, 11) is 2.12. The molecule has 1 heteroatoms. The van der Waals surface area contributed by atoms with Gasteiger partial charge in [0.25, 0.3) is 0 Å². The van der Waals surface area contributed by atoms with Crippen LogP contribution in [0.4, 0.5) is 0 Å². The van der Waals surface area contributed by atoms with Crippen LogP contribution >= 0.6 is 0 Å². The first-order valence-electron chi connectivity index (χ1n) is 9.11. The Balaban J connectivity index is 2.08. The Bertz CT molecular complexity index is 890. The minimum absolute atomic E-state index is 0.671. The van der Waals surface area contributed by atoms with Crippen molar-refractivity contribution in [1.82, 2.24) is 0 Å². The van der Waals surface area contributed by atoms with Crippen LogP contribution in [-0.2, 0) is 13.5 Å². The van der Waals surface area contributed by atoms with Gasteiger partial charge >= 0.3 is 0 Å². The van der Waals surface area contributed by atoms with Gasteiger partial charge in [-0.3, -0.25) is 0 Å². The first kappa shape index (κ1) is 17.4. The number of rotatable bonds is 4. The van der Waals surface area contributed by atoms with Crippen molar-refractivity contribution >= 4 is 0 Å². The van der Waals surface area contributed by atoms with Crippen molar-refractivity contribution in [2.45, 2.75) is 34.1 Å². The topological polar surface area (TPSA) is 3.88 Å². The average Bonchev–Trinajstić information content (AvgIpc) is 2.58. The lowest BCUT2D eigenvalue weighted by molar-refractivity contribution is -0.660. The molecule has 0 spiro atoms. The standard InChI is InChI=1S/C24H28N/c1-17(2)14-22-15-20(11-10-18(22)3)21-12-13-25(5)24(16-21)23-9-7-6-8-19(23)4/h6-13,15-17H,14H2,1-5H3/q+1. The molecule has 0 saturated heterocycles. The third kappa shape index (κ3) is 3.82. The van der Waals surface area contributed by atoms with E-state index in [0.29, 0.717) is 5.92 Å². The van der Waals surface area contributed by atoms with Gasteiger partial charge in [-0.15, -0.1) is 0 Å². The number of aromatic nitrogens is 1. The number of aryl methyl sites for hydroxylation is 3. The molecule has 0 saturated carbocycles. The molecule has 0 amide bonds. The summed E-state index contributed by atoms with van der Waals surface area (Å²) < 4.78 is 2.20. The Labute approximate surface area is 152 Å². The van der Waals surface area contributed by atoms with Crippen molar-refractivity contribution in [3.05, 3.63) is 77.5 Å². The Hall–Kier alpha value is -2.41. The van der Waals surface area contributed by atoms with E-state index in [4.69, 9.17) is 0 Å². The maximum Gasteiger partial charge on any atom is 0.213 e. The molecular weight excluding hydrogens is 302 g/mol. The smallest absolute Gasteiger partial charge is 0.201 e. The largest absolute Gasteiger partial charge is 0.213 e. The number of pyridine rings is 1. The highest BCUT2D eigenvalue weighted by atomic mass is 14.9. The highest BCUT2D eigenvalue weighted by Gasteiger charge is 2.14. The summed E-state index contributed by atoms with van der Waals surface area (Å²) in [5.41, 5.74) is 9.27. The summed E-state index contributed by atoms with van der Waals surface area (Å²) >= 11 is 0. The Morgan fingerprint density at radius 1 is 0.840 bits per heavy atom. The molecule has 0 radical (unpaired) electrons. The highest BCUT2D eigenvalue weighted by Crippen LogP contribution is 2.27. The van der Waals surface area contributed by atoms with Gasteiger partial charge in [0.1, 0.15) is 7.05 Å². The van der Waals surface area contributed by atoms with Crippen LogP contribution in [0.15, 0.2) is 60.8 Å². The molecule has 3 aromatic rings. The molecule has 1 nitrogen and oxygen atoms in total. The second kappa shape index (κ2) is 7.23. The van der Waals surface area contributed by atoms with E-state index >= 15 is 0 Å². The SMILES string of the molecule is Cc1ccc(-c2cc[n+](C)c(-c3ccccc3C)c2)cc1CC(C)C. The van der Waals surface area contributed by atoms with Crippen LogP contribution in [-0.4, -0.2) is 0 Å². The van der Waals surface area contributed by atoms with Crippen molar-refractivity contribution in [1.29, 1.82) is 0 Å². The van der Waals surface area contributed by atoms with Crippen LogP contribution in [0.2, 0.25) is 0 Å². The Morgan fingerprint density at radius 2 is 1.56 bits per heavy atom. The van der Waals surface area contributed by atoms with Crippen molar-refractivity contribution in [2.75, 3.05) is 0 Å². The Morgan fingerprint density at radius 3 is 2.28 bits per heavy atom. The van der Waals surface area contributed by atoms with E-state index in [0.717, 1.165) is 6.42 Å². The number of nitrogens with zero attached hydrogens (tertiary/aromatic N) is 1. The predicted molar refractivity (Wildman–Crippen MR) is 107 cm³/mol. The molecule has 128 valence electrons. The normalized spacial score (nSPS) is 11.1. The van der Waals surface area contributed by atoms with Crippen LogP contribution in [0.5, 0.6) is 0 Å². The zero-order chi connectivity index (χ0) is 18.0. The second-order valence-corrected chi connectivity index (χ2v) is 7.47. The summed E-state index contributed by atoms with van der Waals surface area (Å²) in [6.07, 6.45) is 3.30. The zero-order valence-corrected chi connectivity index (χ0v) is 16.0. The third-order valence-corrected chi connectivity index (χ3v) is 4.88. The maximum atomic E-state index is 2.37. The summed E-state index contributed by atoms with van der Waals surface area (Å²) in [6.45, 7) is 8.95. The summed E-state index contributed by atoms with van der Waals surface area (Å²) in [4.78, 5) is 0. The molecule has 2 aromatic carbocycles. The van der Waals surface area contributed by atoms with Gasteiger partial charge in [0.2, 0.25) is 5.69 Å². The minimum atomic E-state index is 0.671. The maximum absolute atomic E-state index is 2.37. The van der Waals surface area contributed by atoms with Gasteiger partial charge in [-0.1, -0.05) is 50.2 Å². The fraction of sp³-hybridized carbons (Fsp3) is 0.292. The highest BCUT2D eigenvalue weighted by molar-refractivity contribution is 5.70. The molecule has 25 heavy (non-hydrogen) atoms. The van der Waals surface area contributed by atoms with Crippen LogP contribution in [0, 0.1) is 19.8 Å². The fourth-order valence-electron chi connectivity index (χ4n) is 3.39. The van der Waals surface area contributed by atoms with Gasteiger partial charge in [0, 0.05) is 17.7 Å². The predicted octanol–water partition coefficient (Wildman–Crippen LogP) is 5.66. The number of benzene rings is 2. The van der Waals surface area contributed by atoms with Gasteiger partial charge in [0.05, 0.1) is 0 Å². The molecule has 0 fully saturated rings. The van der Waals surface area contributed by atoms with E-state index < -0.39 is 0 Å². The van der Waals surface area contributed by atoms with E-state index in [1.807, 2.05) is 0 Å². The van der Waals surface area contributed by atoms with Gasteiger partial charge in [-0.25, -0.2) is 4.57 Å². The van der Waals surface area contributed by atoms with Crippen molar-refractivity contribution in [2.24, 2.45) is 13.0 Å². The van der Waals surface area contributed by atoms with E-state index in [-0.39, 0.29) is 0 Å². The molecule has 0 aliphatic heterocycles. The van der Waals surface area contributed by atoms with Crippen molar-refractivity contribution < 1.29 is 4.57 Å². The lowest BCUT2D eigenvalue weighted by Crippen LogP contribution is -2.30. The molecule has 3 rings (SSSR count). The number of hydrogen-bond acceptors (Lipinski definition) is 0. The van der Waals surface area contributed by atoms with E-state index in [1.54, 1.807) is 0 Å².